The number of carbonyl (C=O) groups is 2. The van der Waals surface area contributed by atoms with E-state index < -0.39 is 23.8 Å². The maximum atomic E-state index is 11.9. The zero-order valence-electron chi connectivity index (χ0n) is 10.1. The zero-order chi connectivity index (χ0) is 13.2. The lowest BCUT2D eigenvalue weighted by molar-refractivity contribution is -0.153. The number of benzene rings is 1. The Bertz CT molecular complexity index is 589. The van der Waals surface area contributed by atoms with Crippen LogP contribution in [-0.2, 0) is 20.7 Å². The van der Waals surface area contributed by atoms with Crippen molar-refractivity contribution in [2.24, 2.45) is 5.92 Å². The summed E-state index contributed by atoms with van der Waals surface area (Å²) in [6.07, 6.45) is 0.536. The molecular formula is C15H12O3S. The number of hydrogen-bond donors (Lipinski definition) is 0. The maximum absolute atomic E-state index is 11.9. The average Bonchev–Trinajstić information content (AvgIpc) is 3.00. The van der Waals surface area contributed by atoms with Gasteiger partial charge in [0.05, 0.1) is 5.92 Å². The normalized spacial score (nSPS) is 22.5. The highest BCUT2D eigenvalue weighted by Crippen LogP contribution is 2.37. The quantitative estimate of drug-likeness (QED) is 0.637. The third kappa shape index (κ3) is 2.31. The summed E-state index contributed by atoms with van der Waals surface area (Å²) in [4.78, 5) is 24.6. The second-order valence-corrected chi connectivity index (χ2v) is 5.51. The Kier molecular flexibility index (Phi) is 3.17. The van der Waals surface area contributed by atoms with Gasteiger partial charge in [0.2, 0.25) is 0 Å². The molecule has 0 saturated carbocycles. The van der Waals surface area contributed by atoms with Crippen LogP contribution in [0.4, 0.5) is 0 Å². The van der Waals surface area contributed by atoms with E-state index in [1.54, 1.807) is 0 Å². The molecule has 19 heavy (non-hydrogen) atoms. The summed E-state index contributed by atoms with van der Waals surface area (Å²) < 4.78 is 4.81. The number of thiophene rings is 1. The van der Waals surface area contributed by atoms with E-state index in [2.05, 4.69) is 0 Å². The topological polar surface area (TPSA) is 43.4 Å². The minimum Gasteiger partial charge on any atom is -0.392 e. The number of carbonyl (C=O) groups excluding carboxylic acids is 2. The van der Waals surface area contributed by atoms with Gasteiger partial charge in [0.25, 0.3) is 0 Å². The summed E-state index contributed by atoms with van der Waals surface area (Å²) in [7, 11) is 0. The molecule has 2 heterocycles. The molecule has 2 atom stereocenters. The van der Waals surface area contributed by atoms with Crippen molar-refractivity contribution in [1.82, 2.24) is 0 Å². The lowest BCUT2D eigenvalue weighted by Crippen LogP contribution is -2.17. The van der Waals surface area contributed by atoms with Gasteiger partial charge in [-0.25, -0.2) is 0 Å². The van der Waals surface area contributed by atoms with E-state index in [4.69, 9.17) is 4.74 Å². The van der Waals surface area contributed by atoms with Crippen LogP contribution in [0.1, 0.15) is 16.4 Å². The van der Waals surface area contributed by atoms with Crippen LogP contribution in [0, 0.1) is 5.92 Å². The van der Waals surface area contributed by atoms with Gasteiger partial charge in [0.1, 0.15) is 5.92 Å². The van der Waals surface area contributed by atoms with Crippen LogP contribution in [0.5, 0.6) is 0 Å². The van der Waals surface area contributed by atoms with Crippen molar-refractivity contribution >= 4 is 23.3 Å². The molecule has 0 aliphatic carbocycles. The first-order valence-electron chi connectivity index (χ1n) is 6.08. The largest absolute Gasteiger partial charge is 0.392 e. The molecule has 1 fully saturated rings. The minimum absolute atomic E-state index is 0.409. The average molecular weight is 272 g/mol. The van der Waals surface area contributed by atoms with Gasteiger partial charge < -0.3 is 4.74 Å². The lowest BCUT2D eigenvalue weighted by atomic mass is 9.88. The first-order valence-corrected chi connectivity index (χ1v) is 6.96. The number of rotatable bonds is 3. The molecule has 1 aliphatic heterocycles. The van der Waals surface area contributed by atoms with Gasteiger partial charge in [-0.3, -0.25) is 9.59 Å². The summed E-state index contributed by atoms with van der Waals surface area (Å²) in [6.45, 7) is 0. The smallest absolute Gasteiger partial charge is 0.322 e. The predicted molar refractivity (Wildman–Crippen MR) is 71.8 cm³/mol. The minimum atomic E-state index is -0.451. The van der Waals surface area contributed by atoms with Gasteiger partial charge >= 0.3 is 11.9 Å². The summed E-state index contributed by atoms with van der Waals surface area (Å²) in [6, 6.07) is 13.5. The molecule has 0 radical (unpaired) electrons. The highest BCUT2D eigenvalue weighted by Gasteiger charge is 2.45. The predicted octanol–water partition coefficient (Wildman–Crippen LogP) is 2.77. The van der Waals surface area contributed by atoms with E-state index in [9.17, 15) is 9.59 Å². The molecule has 1 saturated heterocycles. The number of cyclic esters (lactones) is 2. The van der Waals surface area contributed by atoms with Gasteiger partial charge in [0.15, 0.2) is 0 Å². The molecule has 3 rings (SSSR count). The van der Waals surface area contributed by atoms with Crippen LogP contribution in [0.3, 0.4) is 0 Å². The van der Waals surface area contributed by atoms with Gasteiger partial charge in [-0.2, -0.15) is 0 Å². The van der Waals surface area contributed by atoms with E-state index in [0.29, 0.717) is 6.42 Å². The first-order chi connectivity index (χ1) is 9.25. The molecule has 1 aromatic heterocycles. The molecule has 4 heteroatoms. The Hall–Kier alpha value is -1.94. The zero-order valence-corrected chi connectivity index (χ0v) is 10.9. The molecule has 0 amide bonds. The van der Waals surface area contributed by atoms with Gasteiger partial charge in [-0.15, -0.1) is 11.3 Å². The molecule has 1 aromatic carbocycles. The van der Waals surface area contributed by atoms with Crippen LogP contribution in [0.2, 0.25) is 0 Å². The number of hydrogen-bond acceptors (Lipinski definition) is 4. The fourth-order valence-electron chi connectivity index (χ4n) is 2.39. The van der Waals surface area contributed by atoms with E-state index in [1.807, 2.05) is 47.8 Å². The maximum Gasteiger partial charge on any atom is 0.322 e. The van der Waals surface area contributed by atoms with Crippen molar-refractivity contribution in [3.05, 3.63) is 58.3 Å². The van der Waals surface area contributed by atoms with Gasteiger partial charge in [0, 0.05) is 4.88 Å². The van der Waals surface area contributed by atoms with Crippen LogP contribution in [-0.4, -0.2) is 11.9 Å². The highest BCUT2D eigenvalue weighted by atomic mass is 32.1. The van der Waals surface area contributed by atoms with E-state index >= 15 is 0 Å². The second kappa shape index (κ2) is 4.97. The molecule has 0 N–H and O–H groups in total. The van der Waals surface area contributed by atoms with Crippen molar-refractivity contribution in [1.29, 1.82) is 0 Å². The summed E-state index contributed by atoms with van der Waals surface area (Å²) >= 11 is 1.49. The van der Waals surface area contributed by atoms with Crippen LogP contribution in [0.15, 0.2) is 47.8 Å². The van der Waals surface area contributed by atoms with E-state index in [-0.39, 0.29) is 0 Å². The number of ether oxygens (including phenoxy) is 1. The SMILES string of the molecule is O=C1OC(=O)C(c2cccs2)C1Cc1ccccc1. The Balaban J connectivity index is 1.89. The molecule has 2 aromatic rings. The third-order valence-electron chi connectivity index (χ3n) is 3.31. The summed E-state index contributed by atoms with van der Waals surface area (Å²) in [5.74, 6) is -1.69. The summed E-state index contributed by atoms with van der Waals surface area (Å²) in [5.41, 5.74) is 1.04. The molecular weight excluding hydrogens is 260 g/mol. The molecule has 0 bridgehead atoms. The van der Waals surface area contributed by atoms with E-state index in [0.717, 1.165) is 10.4 Å². The van der Waals surface area contributed by atoms with Gasteiger partial charge in [-0.05, 0) is 23.4 Å². The Labute approximate surface area is 114 Å². The van der Waals surface area contributed by atoms with Crippen molar-refractivity contribution in [2.75, 3.05) is 0 Å². The molecule has 0 spiro atoms. The standard InChI is InChI=1S/C15H12O3S/c16-14-11(9-10-5-2-1-3-6-10)13(15(17)18-14)12-7-4-8-19-12/h1-8,11,13H,9H2. The molecule has 3 nitrogen and oxygen atoms in total. The second-order valence-electron chi connectivity index (χ2n) is 4.53. The first kappa shape index (κ1) is 12.1. The Morgan fingerprint density at radius 1 is 1.00 bits per heavy atom. The summed E-state index contributed by atoms with van der Waals surface area (Å²) in [5, 5.41) is 1.91. The van der Waals surface area contributed by atoms with Crippen molar-refractivity contribution in [2.45, 2.75) is 12.3 Å². The fourth-order valence-corrected chi connectivity index (χ4v) is 3.27. The molecule has 96 valence electrons. The van der Waals surface area contributed by atoms with E-state index in [1.165, 1.54) is 11.3 Å². The van der Waals surface area contributed by atoms with Gasteiger partial charge in [-0.1, -0.05) is 36.4 Å². The Morgan fingerprint density at radius 3 is 2.47 bits per heavy atom. The Morgan fingerprint density at radius 2 is 1.79 bits per heavy atom. The van der Waals surface area contributed by atoms with Crippen molar-refractivity contribution < 1.29 is 14.3 Å². The monoisotopic (exact) mass is 272 g/mol. The lowest BCUT2D eigenvalue weighted by Gasteiger charge is -2.12. The van der Waals surface area contributed by atoms with Crippen LogP contribution in [0.25, 0.3) is 0 Å². The van der Waals surface area contributed by atoms with Crippen LogP contribution < -0.4 is 0 Å². The number of esters is 2. The van der Waals surface area contributed by atoms with Crippen LogP contribution >= 0.6 is 11.3 Å². The highest BCUT2D eigenvalue weighted by molar-refractivity contribution is 7.10. The van der Waals surface area contributed by atoms with Crippen molar-refractivity contribution in [3.8, 4) is 0 Å². The fraction of sp³-hybridized carbons (Fsp3) is 0.200. The third-order valence-corrected chi connectivity index (χ3v) is 4.26. The molecule has 1 aliphatic rings. The van der Waals surface area contributed by atoms with Crippen molar-refractivity contribution in [3.63, 3.8) is 0 Å². The molecule has 2 unspecified atom stereocenters.